The lowest BCUT2D eigenvalue weighted by atomic mass is 10.3. The van der Waals surface area contributed by atoms with Gasteiger partial charge in [0.1, 0.15) is 16.5 Å². The second kappa shape index (κ2) is 8.23. The number of aromatic nitrogens is 4. The predicted molar refractivity (Wildman–Crippen MR) is 113 cm³/mol. The number of sulfonamides is 1. The molecule has 0 radical (unpaired) electrons. The summed E-state index contributed by atoms with van der Waals surface area (Å²) in [5.74, 6) is 0.768. The van der Waals surface area contributed by atoms with Crippen LogP contribution in [0.2, 0.25) is 0 Å². The average Bonchev–Trinajstić information content (AvgIpc) is 3.12. The fourth-order valence-corrected chi connectivity index (χ4v) is 5.20. The Morgan fingerprint density at radius 3 is 2.23 bits per heavy atom. The minimum Gasteiger partial charge on any atom is -0.495 e. The number of hydrogen-bond acceptors (Lipinski definition) is 7. The lowest BCUT2D eigenvalue weighted by Gasteiger charge is -2.34. The van der Waals surface area contributed by atoms with Crippen molar-refractivity contribution in [3.05, 3.63) is 53.6 Å². The van der Waals surface area contributed by atoms with E-state index in [0.29, 0.717) is 24.7 Å². The summed E-state index contributed by atoms with van der Waals surface area (Å²) in [5, 5.41) is 13.0. The molecule has 0 amide bonds. The summed E-state index contributed by atoms with van der Waals surface area (Å²) in [7, 11) is -2.52. The van der Waals surface area contributed by atoms with Gasteiger partial charge in [-0.2, -0.15) is 9.40 Å². The molecular formula is C20H23FN6O3S. The van der Waals surface area contributed by atoms with E-state index in [1.807, 2.05) is 36.9 Å². The van der Waals surface area contributed by atoms with Crippen LogP contribution in [0.5, 0.6) is 5.75 Å². The summed E-state index contributed by atoms with van der Waals surface area (Å²) in [6.45, 7) is 5.21. The third kappa shape index (κ3) is 4.10. The van der Waals surface area contributed by atoms with Crippen molar-refractivity contribution >= 4 is 15.8 Å². The van der Waals surface area contributed by atoms with E-state index < -0.39 is 15.8 Å². The van der Waals surface area contributed by atoms with Gasteiger partial charge in [0.2, 0.25) is 10.0 Å². The first kappa shape index (κ1) is 21.2. The van der Waals surface area contributed by atoms with Gasteiger partial charge < -0.3 is 9.64 Å². The van der Waals surface area contributed by atoms with Gasteiger partial charge in [0, 0.05) is 31.9 Å². The molecule has 1 aliphatic heterocycles. The molecule has 4 rings (SSSR count). The highest BCUT2D eigenvalue weighted by atomic mass is 32.2. The maximum absolute atomic E-state index is 13.7. The average molecular weight is 447 g/mol. The number of anilines is 1. The van der Waals surface area contributed by atoms with Crippen molar-refractivity contribution in [2.24, 2.45) is 0 Å². The first-order chi connectivity index (χ1) is 14.8. The molecule has 0 aliphatic carbocycles. The van der Waals surface area contributed by atoms with Crippen LogP contribution in [0.15, 0.2) is 41.3 Å². The van der Waals surface area contributed by atoms with E-state index in [4.69, 9.17) is 4.74 Å². The minimum absolute atomic E-state index is 0.120. The van der Waals surface area contributed by atoms with Gasteiger partial charge in [0.15, 0.2) is 11.6 Å². The molecule has 3 heterocycles. The zero-order valence-corrected chi connectivity index (χ0v) is 18.3. The highest BCUT2D eigenvalue weighted by Crippen LogP contribution is 2.28. The van der Waals surface area contributed by atoms with Crippen molar-refractivity contribution in [2.45, 2.75) is 18.7 Å². The first-order valence-corrected chi connectivity index (χ1v) is 11.2. The van der Waals surface area contributed by atoms with Crippen LogP contribution >= 0.6 is 0 Å². The lowest BCUT2D eigenvalue weighted by molar-refractivity contribution is 0.372. The summed E-state index contributed by atoms with van der Waals surface area (Å²) in [5.41, 5.74) is 1.86. The Hall–Kier alpha value is -3.05. The number of benzene rings is 1. The maximum Gasteiger partial charge on any atom is 0.246 e. The Labute approximate surface area is 180 Å². The maximum atomic E-state index is 13.7. The van der Waals surface area contributed by atoms with Gasteiger partial charge >= 0.3 is 0 Å². The predicted octanol–water partition coefficient (Wildman–Crippen LogP) is 1.94. The molecule has 0 bridgehead atoms. The molecule has 0 spiro atoms. The van der Waals surface area contributed by atoms with E-state index in [1.54, 1.807) is 4.68 Å². The fourth-order valence-electron chi connectivity index (χ4n) is 3.61. The van der Waals surface area contributed by atoms with Gasteiger partial charge in [-0.15, -0.1) is 10.2 Å². The Morgan fingerprint density at radius 2 is 1.65 bits per heavy atom. The number of methoxy groups -OCH3 is 1. The molecule has 1 aliphatic rings. The number of hydrogen-bond donors (Lipinski definition) is 0. The fraction of sp³-hybridized carbons (Fsp3) is 0.350. The second-order valence-corrected chi connectivity index (χ2v) is 9.18. The van der Waals surface area contributed by atoms with E-state index >= 15 is 0 Å². The van der Waals surface area contributed by atoms with Crippen LogP contribution in [0, 0.1) is 19.7 Å². The Morgan fingerprint density at radius 1 is 0.968 bits per heavy atom. The van der Waals surface area contributed by atoms with Crippen LogP contribution in [-0.2, 0) is 10.0 Å². The van der Waals surface area contributed by atoms with Gasteiger partial charge in [0.05, 0.1) is 12.8 Å². The molecule has 11 heteroatoms. The van der Waals surface area contributed by atoms with E-state index in [-0.39, 0.29) is 23.7 Å². The molecule has 164 valence electrons. The summed E-state index contributed by atoms with van der Waals surface area (Å²) >= 11 is 0. The molecule has 1 fully saturated rings. The van der Waals surface area contributed by atoms with Crippen LogP contribution in [0.25, 0.3) is 5.82 Å². The molecule has 0 unspecified atom stereocenters. The third-order valence-electron chi connectivity index (χ3n) is 5.17. The molecule has 1 saturated heterocycles. The summed E-state index contributed by atoms with van der Waals surface area (Å²) in [6, 6.07) is 9.12. The van der Waals surface area contributed by atoms with Gasteiger partial charge in [-0.3, -0.25) is 0 Å². The van der Waals surface area contributed by atoms with E-state index in [1.165, 1.54) is 23.5 Å². The Balaban J connectivity index is 1.47. The third-order valence-corrected chi connectivity index (χ3v) is 7.09. The largest absolute Gasteiger partial charge is 0.495 e. The molecule has 2 aromatic heterocycles. The summed E-state index contributed by atoms with van der Waals surface area (Å²) in [6.07, 6.45) is 0. The van der Waals surface area contributed by atoms with Gasteiger partial charge in [0.25, 0.3) is 0 Å². The lowest BCUT2D eigenvalue weighted by Crippen LogP contribution is -2.49. The first-order valence-electron chi connectivity index (χ1n) is 9.75. The molecule has 0 saturated carbocycles. The zero-order valence-electron chi connectivity index (χ0n) is 17.5. The second-order valence-electron chi connectivity index (χ2n) is 7.27. The highest BCUT2D eigenvalue weighted by Gasteiger charge is 2.31. The minimum atomic E-state index is -3.88. The molecule has 1 aromatic carbocycles. The Kier molecular flexibility index (Phi) is 5.63. The van der Waals surface area contributed by atoms with Gasteiger partial charge in [-0.1, -0.05) is 0 Å². The zero-order chi connectivity index (χ0) is 22.2. The van der Waals surface area contributed by atoms with Crippen LogP contribution < -0.4 is 9.64 Å². The molecule has 31 heavy (non-hydrogen) atoms. The number of rotatable bonds is 5. The van der Waals surface area contributed by atoms with Crippen LogP contribution in [0.3, 0.4) is 0 Å². The molecule has 3 aromatic rings. The number of nitrogens with zero attached hydrogens (tertiary/aromatic N) is 6. The van der Waals surface area contributed by atoms with Crippen molar-refractivity contribution in [1.29, 1.82) is 0 Å². The van der Waals surface area contributed by atoms with E-state index in [9.17, 15) is 12.8 Å². The quantitative estimate of drug-likeness (QED) is 0.591. The Bertz CT molecular complexity index is 1190. The SMILES string of the molecule is COc1ccc(F)cc1S(=O)(=O)N1CCN(c2ccc(-n3nc(C)cc3C)nn2)CC1. The normalized spacial score (nSPS) is 15.3. The van der Waals surface area contributed by atoms with Gasteiger partial charge in [-0.25, -0.2) is 17.5 Å². The smallest absolute Gasteiger partial charge is 0.246 e. The van der Waals surface area contributed by atoms with Crippen LogP contribution in [-0.4, -0.2) is 66.0 Å². The van der Waals surface area contributed by atoms with Crippen molar-refractivity contribution in [3.8, 4) is 11.6 Å². The van der Waals surface area contributed by atoms with Gasteiger partial charge in [-0.05, 0) is 50.2 Å². The van der Waals surface area contributed by atoms with Crippen molar-refractivity contribution < 1.29 is 17.5 Å². The molecule has 0 N–H and O–H groups in total. The van der Waals surface area contributed by atoms with Crippen molar-refractivity contribution in [2.75, 3.05) is 38.2 Å². The molecule has 0 atom stereocenters. The van der Waals surface area contributed by atoms with E-state index in [2.05, 4.69) is 15.3 Å². The number of piperazine rings is 1. The standard InChI is InChI=1S/C20H23FN6O3S/c1-14-12-15(2)27(24-14)20-7-6-19(22-23-20)25-8-10-26(11-9-25)31(28,29)18-13-16(21)4-5-17(18)30-3/h4-7,12-13H,8-11H2,1-3H3. The monoisotopic (exact) mass is 446 g/mol. The van der Waals surface area contributed by atoms with Crippen molar-refractivity contribution in [1.82, 2.24) is 24.3 Å². The molecular weight excluding hydrogens is 423 g/mol. The van der Waals surface area contributed by atoms with Crippen LogP contribution in [0.1, 0.15) is 11.4 Å². The topological polar surface area (TPSA) is 93.5 Å². The highest BCUT2D eigenvalue weighted by molar-refractivity contribution is 7.89. The van der Waals surface area contributed by atoms with E-state index in [0.717, 1.165) is 17.5 Å². The summed E-state index contributed by atoms with van der Waals surface area (Å²) in [4.78, 5) is 1.80. The summed E-state index contributed by atoms with van der Waals surface area (Å²) < 4.78 is 47.9. The van der Waals surface area contributed by atoms with Crippen LogP contribution in [0.4, 0.5) is 10.2 Å². The number of ether oxygens (including phenoxy) is 1. The van der Waals surface area contributed by atoms with Crippen molar-refractivity contribution in [3.63, 3.8) is 0 Å². The number of aryl methyl sites for hydroxylation is 2. The number of halogens is 1. The molecule has 9 nitrogen and oxygen atoms in total.